The van der Waals surface area contributed by atoms with Crippen LogP contribution in [0.4, 0.5) is 10.1 Å². The molecule has 2 atom stereocenters. The van der Waals surface area contributed by atoms with Gasteiger partial charge in [0.1, 0.15) is 28.9 Å². The lowest BCUT2D eigenvalue weighted by molar-refractivity contribution is -0.104. The van der Waals surface area contributed by atoms with Gasteiger partial charge in [-0.25, -0.2) is 8.60 Å². The molecular weight excluding hydrogens is 433 g/mol. The summed E-state index contributed by atoms with van der Waals surface area (Å²) < 4.78 is 29.8. The van der Waals surface area contributed by atoms with Crippen LogP contribution in [0.15, 0.2) is 41.4 Å². The highest BCUT2D eigenvalue weighted by atomic mass is 32.2. The summed E-state index contributed by atoms with van der Waals surface area (Å²) in [6.07, 6.45) is 2.75. The summed E-state index contributed by atoms with van der Waals surface area (Å²) >= 11 is 0. The Bertz CT molecular complexity index is 867. The highest BCUT2D eigenvalue weighted by Gasteiger charge is 2.50. The van der Waals surface area contributed by atoms with Crippen LogP contribution in [-0.4, -0.2) is 57.2 Å². The molecule has 7 nitrogen and oxygen atoms in total. The quantitative estimate of drug-likeness (QED) is 0.226. The number of carbonyl (C=O) groups excluding carboxylic acids is 1. The zero-order valence-electron chi connectivity index (χ0n) is 19.7. The number of nitrogens with zero attached hydrogens (tertiary/aromatic N) is 1. The first-order valence-corrected chi connectivity index (χ1v) is 11.8. The van der Waals surface area contributed by atoms with Gasteiger partial charge in [0, 0.05) is 14.1 Å². The molecule has 0 radical (unpaired) electrons. The van der Waals surface area contributed by atoms with Gasteiger partial charge in [0.2, 0.25) is 0 Å². The number of aliphatic hydroxyl groups is 2. The van der Waals surface area contributed by atoms with Crippen LogP contribution < -0.4 is 10.0 Å². The van der Waals surface area contributed by atoms with Crippen molar-refractivity contribution in [3.05, 3.63) is 52.7 Å². The number of anilines is 1. The number of aldehydes is 1. The Labute approximate surface area is 193 Å². The Balaban J connectivity index is 0.00000249. The average molecular weight is 470 g/mol. The van der Waals surface area contributed by atoms with Crippen molar-refractivity contribution in [2.75, 3.05) is 26.0 Å². The van der Waals surface area contributed by atoms with Gasteiger partial charge in [0.15, 0.2) is 0 Å². The van der Waals surface area contributed by atoms with E-state index in [1.165, 1.54) is 12.1 Å². The van der Waals surface area contributed by atoms with E-state index in [4.69, 9.17) is 5.11 Å². The number of halogens is 1. The van der Waals surface area contributed by atoms with E-state index < -0.39 is 34.3 Å². The van der Waals surface area contributed by atoms with E-state index in [1.54, 1.807) is 45.0 Å². The Morgan fingerprint density at radius 1 is 1.34 bits per heavy atom. The van der Waals surface area contributed by atoms with E-state index in [-0.39, 0.29) is 12.1 Å². The molecule has 1 saturated carbocycles. The molecule has 0 bridgehead atoms. The van der Waals surface area contributed by atoms with Crippen LogP contribution in [-0.2, 0) is 15.8 Å². The monoisotopic (exact) mass is 469 g/mol. The molecule has 0 saturated heterocycles. The van der Waals surface area contributed by atoms with Crippen molar-refractivity contribution in [2.45, 2.75) is 57.8 Å². The Kier molecular flexibility index (Phi) is 11.0. The Hall–Kier alpha value is -2.23. The third-order valence-electron chi connectivity index (χ3n) is 4.86. The van der Waals surface area contributed by atoms with Crippen LogP contribution >= 0.6 is 0 Å². The van der Waals surface area contributed by atoms with Crippen LogP contribution in [0.1, 0.15) is 45.6 Å². The predicted molar refractivity (Wildman–Crippen MR) is 128 cm³/mol. The largest absolute Gasteiger partial charge is 0.394 e. The summed E-state index contributed by atoms with van der Waals surface area (Å²) in [6.45, 7) is 7.00. The van der Waals surface area contributed by atoms with Crippen LogP contribution in [0.3, 0.4) is 0 Å². The number of aryl methyl sites for hydroxylation is 1. The normalized spacial score (nSPS) is 17.2. The fraction of sp³-hybridized carbons (Fsp3) is 0.522. The van der Waals surface area contributed by atoms with Crippen molar-refractivity contribution in [1.82, 2.24) is 9.62 Å². The van der Waals surface area contributed by atoms with Gasteiger partial charge in [0.05, 0.1) is 28.8 Å². The molecule has 2 rings (SSSR count). The van der Waals surface area contributed by atoms with Gasteiger partial charge in [-0.2, -0.15) is 0 Å². The van der Waals surface area contributed by atoms with Crippen molar-refractivity contribution in [1.29, 1.82) is 0 Å². The molecule has 32 heavy (non-hydrogen) atoms. The second-order valence-corrected chi connectivity index (χ2v) is 9.47. The molecule has 1 aliphatic carbocycles. The van der Waals surface area contributed by atoms with Gasteiger partial charge >= 0.3 is 0 Å². The zero-order chi connectivity index (χ0) is 24.5. The first-order valence-electron chi connectivity index (χ1n) is 10.7. The molecule has 9 heteroatoms. The van der Waals surface area contributed by atoms with Crippen molar-refractivity contribution in [2.24, 2.45) is 0 Å². The molecule has 0 aliphatic heterocycles. The number of benzene rings is 1. The summed E-state index contributed by atoms with van der Waals surface area (Å²) in [7, 11) is 1.89. The standard InChI is InChI=1S/C21H30FN3O4S.C2H6/c1-14-5-6-18(17(22)9-14)23-20(25(3)4)19(10-15(2)12-26)24-30(29)21(7-8-21)11-16(28)13-27;1-2/h5-6,9-10,12,16,23-24,27-28H,7-8,11,13H2,1-4H3;1-2H3/b15-10-,20-19+;. The fourth-order valence-corrected chi connectivity index (χ4v) is 4.37. The molecule has 1 aromatic rings. The van der Waals surface area contributed by atoms with Crippen LogP contribution in [0.2, 0.25) is 0 Å². The number of nitrogens with one attached hydrogen (secondary N) is 2. The van der Waals surface area contributed by atoms with Crippen LogP contribution in [0.5, 0.6) is 0 Å². The number of aliphatic hydroxyl groups excluding tert-OH is 2. The summed E-state index contributed by atoms with van der Waals surface area (Å²) in [5.41, 5.74) is 1.76. The first kappa shape index (κ1) is 27.8. The van der Waals surface area contributed by atoms with Gasteiger partial charge in [-0.3, -0.25) is 4.79 Å². The third kappa shape index (κ3) is 7.72. The number of carbonyl (C=O) groups is 1. The Morgan fingerprint density at radius 3 is 2.44 bits per heavy atom. The van der Waals surface area contributed by atoms with Crippen molar-refractivity contribution in [3.8, 4) is 0 Å². The highest BCUT2D eigenvalue weighted by Crippen LogP contribution is 2.45. The van der Waals surface area contributed by atoms with E-state index >= 15 is 0 Å². The second-order valence-electron chi connectivity index (χ2n) is 7.87. The van der Waals surface area contributed by atoms with Crippen LogP contribution in [0.25, 0.3) is 0 Å². The number of rotatable bonds is 11. The molecule has 1 aromatic carbocycles. The van der Waals surface area contributed by atoms with Crippen molar-refractivity contribution in [3.63, 3.8) is 0 Å². The zero-order valence-corrected chi connectivity index (χ0v) is 20.6. The topological polar surface area (TPSA) is 102 Å². The van der Waals surface area contributed by atoms with Crippen molar-refractivity contribution >= 4 is 23.0 Å². The molecule has 180 valence electrons. The van der Waals surface area contributed by atoms with Crippen molar-refractivity contribution < 1.29 is 23.6 Å². The first-order chi connectivity index (χ1) is 15.1. The summed E-state index contributed by atoms with van der Waals surface area (Å²) in [5, 5.41) is 21.9. The smallest absolute Gasteiger partial charge is 0.146 e. The van der Waals surface area contributed by atoms with Gasteiger partial charge in [-0.1, -0.05) is 19.9 Å². The lowest BCUT2D eigenvalue weighted by Crippen LogP contribution is -2.35. The molecule has 1 aliphatic rings. The maximum absolute atomic E-state index is 14.4. The number of hydrogen-bond acceptors (Lipinski definition) is 6. The van der Waals surface area contributed by atoms with E-state index in [0.29, 0.717) is 36.2 Å². The van der Waals surface area contributed by atoms with E-state index in [1.807, 2.05) is 13.8 Å². The minimum absolute atomic E-state index is 0.198. The molecule has 1 fully saturated rings. The molecule has 0 amide bonds. The number of allylic oxidation sites excluding steroid dienone is 2. The van der Waals surface area contributed by atoms with Gasteiger partial charge in [-0.15, -0.1) is 0 Å². The molecule has 4 N–H and O–H groups in total. The minimum atomic E-state index is -1.59. The molecule has 0 spiro atoms. The molecular formula is C23H36FN3O4S. The lowest BCUT2D eigenvalue weighted by atomic mass is 10.2. The summed E-state index contributed by atoms with van der Waals surface area (Å²) in [4.78, 5) is 12.9. The molecule has 0 aromatic heterocycles. The second kappa shape index (κ2) is 12.7. The SMILES string of the molecule is C/C(C=O)=C/C(NS(=O)C1(CC(O)CO)CC1)=C(/Nc1ccc(C)cc1F)N(C)C.CC. The van der Waals surface area contributed by atoms with Gasteiger partial charge in [0.25, 0.3) is 0 Å². The van der Waals surface area contributed by atoms with E-state index in [0.717, 1.165) is 5.56 Å². The predicted octanol–water partition coefficient (Wildman–Crippen LogP) is 2.98. The fourth-order valence-electron chi connectivity index (χ4n) is 2.98. The maximum Gasteiger partial charge on any atom is 0.146 e. The number of hydrogen-bond donors (Lipinski definition) is 4. The van der Waals surface area contributed by atoms with Gasteiger partial charge in [-0.05, 0) is 62.5 Å². The average Bonchev–Trinajstić information content (AvgIpc) is 3.54. The van der Waals surface area contributed by atoms with Gasteiger partial charge < -0.3 is 25.2 Å². The summed E-state index contributed by atoms with van der Waals surface area (Å²) in [6, 6.07) is 4.79. The van der Waals surface area contributed by atoms with E-state index in [2.05, 4.69) is 10.0 Å². The maximum atomic E-state index is 14.4. The lowest BCUT2D eigenvalue weighted by Gasteiger charge is -2.25. The third-order valence-corrected chi connectivity index (χ3v) is 6.63. The van der Waals surface area contributed by atoms with Crippen LogP contribution in [0, 0.1) is 12.7 Å². The molecule has 2 unspecified atom stereocenters. The highest BCUT2D eigenvalue weighted by molar-refractivity contribution is 7.85. The Morgan fingerprint density at radius 2 is 1.97 bits per heavy atom. The molecule has 0 heterocycles. The minimum Gasteiger partial charge on any atom is -0.394 e. The van der Waals surface area contributed by atoms with E-state index in [9.17, 15) is 18.5 Å². The summed E-state index contributed by atoms with van der Waals surface area (Å²) in [5.74, 6) is -0.0125.